The molecule has 0 aromatic heterocycles. The van der Waals surface area contributed by atoms with E-state index in [0.29, 0.717) is 23.0 Å². The molecule has 3 rings (SSSR count). The van der Waals surface area contributed by atoms with E-state index < -0.39 is 0 Å². The van der Waals surface area contributed by atoms with Crippen molar-refractivity contribution in [2.75, 3.05) is 11.5 Å². The highest BCUT2D eigenvalue weighted by atomic mass is 16.5. The molecule has 0 atom stereocenters. The van der Waals surface area contributed by atoms with Crippen LogP contribution in [-0.4, -0.2) is 10.2 Å². The Balaban J connectivity index is 1.76. The topological polar surface area (TPSA) is 111 Å². The quantitative estimate of drug-likeness (QED) is 0.428. The number of phenols is 2. The first kappa shape index (κ1) is 15.4. The summed E-state index contributed by atoms with van der Waals surface area (Å²) in [6.45, 7) is 0. The fourth-order valence-electron chi connectivity index (χ4n) is 2.07. The number of nitrogen functional groups attached to an aromatic ring is 2. The lowest BCUT2D eigenvalue weighted by atomic mass is 10.2. The molecule has 0 heterocycles. The van der Waals surface area contributed by atoms with Gasteiger partial charge >= 0.3 is 0 Å². The van der Waals surface area contributed by atoms with E-state index in [0.717, 1.165) is 0 Å². The summed E-state index contributed by atoms with van der Waals surface area (Å²) in [5, 5.41) is 19.2. The van der Waals surface area contributed by atoms with Crippen LogP contribution < -0.4 is 20.9 Å². The largest absolute Gasteiger partial charge is 0.506 e. The van der Waals surface area contributed by atoms with Crippen LogP contribution in [-0.2, 0) is 0 Å². The van der Waals surface area contributed by atoms with Crippen molar-refractivity contribution in [2.24, 2.45) is 0 Å². The molecule has 0 aliphatic heterocycles. The van der Waals surface area contributed by atoms with E-state index in [1.165, 1.54) is 12.1 Å². The minimum Gasteiger partial charge on any atom is -0.506 e. The van der Waals surface area contributed by atoms with Crippen LogP contribution in [0.15, 0.2) is 60.7 Å². The SMILES string of the molecule is Nc1c(O)cccc1Oc1ccc(Oc2cccc(O)c2N)cc1. The Kier molecular flexibility index (Phi) is 4.03. The van der Waals surface area contributed by atoms with E-state index in [4.69, 9.17) is 20.9 Å². The summed E-state index contributed by atoms with van der Waals surface area (Å²) in [5.41, 5.74) is 11.9. The van der Waals surface area contributed by atoms with Crippen LogP contribution in [0.5, 0.6) is 34.5 Å². The molecule has 0 aliphatic rings. The maximum absolute atomic E-state index is 9.58. The number of hydrogen-bond acceptors (Lipinski definition) is 6. The first-order valence-electron chi connectivity index (χ1n) is 7.15. The lowest BCUT2D eigenvalue weighted by Crippen LogP contribution is -1.93. The number of nitrogens with two attached hydrogens (primary N) is 2. The molecule has 6 nitrogen and oxygen atoms in total. The third kappa shape index (κ3) is 3.12. The van der Waals surface area contributed by atoms with Gasteiger partial charge in [0.05, 0.1) is 0 Å². The Morgan fingerprint density at radius 1 is 0.583 bits per heavy atom. The van der Waals surface area contributed by atoms with Crippen molar-refractivity contribution in [2.45, 2.75) is 0 Å². The Morgan fingerprint density at radius 2 is 0.958 bits per heavy atom. The first-order valence-corrected chi connectivity index (χ1v) is 7.15. The van der Waals surface area contributed by atoms with Crippen LogP contribution in [0.3, 0.4) is 0 Å². The number of para-hydroxylation sites is 2. The Labute approximate surface area is 138 Å². The molecule has 0 amide bonds. The van der Waals surface area contributed by atoms with E-state index in [1.807, 2.05) is 0 Å². The molecule has 0 saturated carbocycles. The zero-order valence-electron chi connectivity index (χ0n) is 12.6. The van der Waals surface area contributed by atoms with Crippen LogP contribution in [0.1, 0.15) is 0 Å². The van der Waals surface area contributed by atoms with Gasteiger partial charge in [-0.1, -0.05) is 12.1 Å². The van der Waals surface area contributed by atoms with Gasteiger partial charge in [0.15, 0.2) is 11.5 Å². The summed E-state index contributed by atoms with van der Waals surface area (Å²) in [4.78, 5) is 0. The first-order chi connectivity index (χ1) is 11.5. The standard InChI is InChI=1S/C18H16N2O4/c19-17-13(21)3-1-5-15(17)23-11-7-9-12(10-8-11)24-16-6-2-4-14(22)18(16)20/h1-10,21-22H,19-20H2. The maximum Gasteiger partial charge on any atom is 0.154 e. The number of anilines is 2. The van der Waals surface area contributed by atoms with Crippen molar-refractivity contribution in [1.29, 1.82) is 0 Å². The van der Waals surface area contributed by atoms with Gasteiger partial charge in [-0.25, -0.2) is 0 Å². The zero-order valence-corrected chi connectivity index (χ0v) is 12.6. The van der Waals surface area contributed by atoms with E-state index >= 15 is 0 Å². The van der Waals surface area contributed by atoms with Gasteiger partial charge in [-0.3, -0.25) is 0 Å². The molecule has 0 aliphatic carbocycles. The highest BCUT2D eigenvalue weighted by Crippen LogP contribution is 2.36. The minimum absolute atomic E-state index is 0.0354. The molecule has 0 unspecified atom stereocenters. The molecule has 0 radical (unpaired) electrons. The molecule has 0 fully saturated rings. The van der Waals surface area contributed by atoms with Gasteiger partial charge in [-0.15, -0.1) is 0 Å². The number of hydrogen-bond donors (Lipinski definition) is 4. The van der Waals surface area contributed by atoms with Crippen LogP contribution in [0, 0.1) is 0 Å². The number of phenolic OH excluding ortho intramolecular Hbond substituents is 2. The highest BCUT2D eigenvalue weighted by Gasteiger charge is 2.08. The molecular formula is C18H16N2O4. The number of ether oxygens (including phenoxy) is 2. The van der Waals surface area contributed by atoms with Crippen LogP contribution in [0.4, 0.5) is 11.4 Å². The van der Waals surface area contributed by atoms with Gasteiger partial charge in [-0.05, 0) is 48.5 Å². The minimum atomic E-state index is -0.0354. The van der Waals surface area contributed by atoms with Crippen LogP contribution >= 0.6 is 0 Å². The summed E-state index contributed by atoms with van der Waals surface area (Å²) in [7, 11) is 0. The molecule has 0 saturated heterocycles. The van der Waals surface area contributed by atoms with Crippen LogP contribution in [0.25, 0.3) is 0 Å². The fourth-order valence-corrected chi connectivity index (χ4v) is 2.07. The summed E-state index contributed by atoms with van der Waals surface area (Å²) in [5.74, 6) is 1.72. The third-order valence-electron chi connectivity index (χ3n) is 3.37. The van der Waals surface area contributed by atoms with Crippen molar-refractivity contribution in [3.05, 3.63) is 60.7 Å². The van der Waals surface area contributed by atoms with Gasteiger partial charge in [0.2, 0.25) is 0 Å². The molecule has 6 N–H and O–H groups in total. The number of aromatic hydroxyl groups is 2. The van der Waals surface area contributed by atoms with Crippen LogP contribution in [0.2, 0.25) is 0 Å². The lowest BCUT2D eigenvalue weighted by molar-refractivity contribution is 0.453. The predicted molar refractivity (Wildman–Crippen MR) is 91.6 cm³/mol. The molecule has 122 valence electrons. The molecule has 3 aromatic carbocycles. The van der Waals surface area contributed by atoms with E-state index in [9.17, 15) is 10.2 Å². The van der Waals surface area contributed by atoms with Gasteiger partial charge < -0.3 is 31.2 Å². The average molecular weight is 324 g/mol. The summed E-state index contributed by atoms with van der Waals surface area (Å²) < 4.78 is 11.3. The Hall–Kier alpha value is -3.54. The highest BCUT2D eigenvalue weighted by molar-refractivity contribution is 5.64. The molecule has 24 heavy (non-hydrogen) atoms. The van der Waals surface area contributed by atoms with Gasteiger partial charge in [0.1, 0.15) is 34.4 Å². The number of benzene rings is 3. The van der Waals surface area contributed by atoms with Gasteiger partial charge in [0.25, 0.3) is 0 Å². The molecule has 3 aromatic rings. The Bertz CT molecular complexity index is 791. The van der Waals surface area contributed by atoms with Crippen molar-refractivity contribution in [3.8, 4) is 34.5 Å². The smallest absolute Gasteiger partial charge is 0.154 e. The predicted octanol–water partition coefficient (Wildman–Crippen LogP) is 3.85. The van der Waals surface area contributed by atoms with E-state index in [-0.39, 0.29) is 22.9 Å². The van der Waals surface area contributed by atoms with E-state index in [1.54, 1.807) is 48.5 Å². The van der Waals surface area contributed by atoms with Gasteiger partial charge in [0, 0.05) is 0 Å². The van der Waals surface area contributed by atoms with Crippen molar-refractivity contribution in [3.63, 3.8) is 0 Å². The maximum atomic E-state index is 9.58. The number of rotatable bonds is 4. The summed E-state index contributed by atoms with van der Waals surface area (Å²) in [6, 6.07) is 16.3. The fraction of sp³-hybridized carbons (Fsp3) is 0. The zero-order chi connectivity index (χ0) is 17.1. The van der Waals surface area contributed by atoms with Gasteiger partial charge in [-0.2, -0.15) is 0 Å². The summed E-state index contributed by atoms with van der Waals surface area (Å²) in [6.07, 6.45) is 0. The normalized spacial score (nSPS) is 10.3. The second-order valence-electron chi connectivity index (χ2n) is 5.05. The average Bonchev–Trinajstić information content (AvgIpc) is 2.58. The molecule has 6 heteroatoms. The van der Waals surface area contributed by atoms with Crippen molar-refractivity contribution >= 4 is 11.4 Å². The monoisotopic (exact) mass is 324 g/mol. The van der Waals surface area contributed by atoms with E-state index in [2.05, 4.69) is 0 Å². The third-order valence-corrected chi connectivity index (χ3v) is 3.37. The molecule has 0 bridgehead atoms. The molecular weight excluding hydrogens is 308 g/mol. The second kappa shape index (κ2) is 6.29. The van der Waals surface area contributed by atoms with Crippen molar-refractivity contribution < 1.29 is 19.7 Å². The molecule has 0 spiro atoms. The lowest BCUT2D eigenvalue weighted by Gasteiger charge is -2.11. The summed E-state index contributed by atoms with van der Waals surface area (Å²) >= 11 is 0. The van der Waals surface area contributed by atoms with Crippen molar-refractivity contribution in [1.82, 2.24) is 0 Å². The Morgan fingerprint density at radius 3 is 1.33 bits per heavy atom. The second-order valence-corrected chi connectivity index (χ2v) is 5.05.